The van der Waals surface area contributed by atoms with Crippen molar-refractivity contribution in [1.82, 2.24) is 4.90 Å². The summed E-state index contributed by atoms with van der Waals surface area (Å²) in [6.07, 6.45) is 1.31. The zero-order valence-electron chi connectivity index (χ0n) is 10.7. The molecule has 0 aromatic heterocycles. The maximum absolute atomic E-state index is 12.4. The number of carboxylic acid groups (broad SMARTS) is 1. The molecule has 1 aromatic carbocycles. The van der Waals surface area contributed by atoms with Gasteiger partial charge < -0.3 is 10.0 Å². The number of nitrogens with zero attached hydrogens (tertiary/aromatic N) is 1. The Morgan fingerprint density at radius 3 is 2.58 bits per heavy atom. The molecule has 2 atom stereocenters. The lowest BCUT2D eigenvalue weighted by molar-refractivity contribution is -0.148. The van der Waals surface area contributed by atoms with Crippen LogP contribution in [0.25, 0.3) is 0 Å². The summed E-state index contributed by atoms with van der Waals surface area (Å²) in [5.41, 5.74) is 0.907. The number of hydrogen-bond donors (Lipinski definition) is 1. The molecule has 0 radical (unpaired) electrons. The second kappa shape index (κ2) is 5.74. The van der Waals surface area contributed by atoms with Gasteiger partial charge in [0.1, 0.15) is 6.04 Å². The van der Waals surface area contributed by atoms with Crippen molar-refractivity contribution in [3.05, 3.63) is 34.3 Å². The van der Waals surface area contributed by atoms with Gasteiger partial charge in [-0.05, 0) is 37.5 Å². The standard InChI is InChI=1S/C14H16BrNO3/c1-9(10-4-6-11(15)7-5-10)13(17)16-8-2-3-12(16)14(18)19/h4-7,9,12H,2-3,8H2,1H3,(H,18,19). The Bertz CT molecular complexity index is 486. The van der Waals surface area contributed by atoms with E-state index in [1.165, 1.54) is 4.90 Å². The van der Waals surface area contributed by atoms with E-state index in [1.807, 2.05) is 31.2 Å². The minimum absolute atomic E-state index is 0.104. The molecule has 102 valence electrons. The lowest BCUT2D eigenvalue weighted by Gasteiger charge is -2.25. The van der Waals surface area contributed by atoms with E-state index in [1.54, 1.807) is 0 Å². The molecule has 1 heterocycles. The molecular formula is C14H16BrNO3. The molecule has 4 nitrogen and oxygen atoms in total. The summed E-state index contributed by atoms with van der Waals surface area (Å²) in [5, 5.41) is 9.12. The highest BCUT2D eigenvalue weighted by Gasteiger charge is 2.36. The summed E-state index contributed by atoms with van der Waals surface area (Å²) >= 11 is 3.35. The molecule has 1 amide bonds. The van der Waals surface area contributed by atoms with Gasteiger partial charge >= 0.3 is 5.97 Å². The van der Waals surface area contributed by atoms with Crippen molar-refractivity contribution in [2.24, 2.45) is 0 Å². The average Bonchev–Trinajstić information content (AvgIpc) is 2.87. The van der Waals surface area contributed by atoms with Crippen LogP contribution in [-0.2, 0) is 9.59 Å². The van der Waals surface area contributed by atoms with E-state index < -0.39 is 12.0 Å². The van der Waals surface area contributed by atoms with E-state index in [0.29, 0.717) is 13.0 Å². The van der Waals surface area contributed by atoms with E-state index in [-0.39, 0.29) is 11.8 Å². The van der Waals surface area contributed by atoms with Gasteiger partial charge in [-0.1, -0.05) is 28.1 Å². The molecule has 2 unspecified atom stereocenters. The van der Waals surface area contributed by atoms with Gasteiger partial charge in [-0.15, -0.1) is 0 Å². The fourth-order valence-corrected chi connectivity index (χ4v) is 2.69. The number of hydrogen-bond acceptors (Lipinski definition) is 2. The topological polar surface area (TPSA) is 57.6 Å². The third-order valence-electron chi connectivity index (χ3n) is 3.56. The highest BCUT2D eigenvalue weighted by atomic mass is 79.9. The van der Waals surface area contributed by atoms with Crippen molar-refractivity contribution >= 4 is 27.8 Å². The smallest absolute Gasteiger partial charge is 0.326 e. The molecule has 0 bridgehead atoms. The number of carbonyl (C=O) groups excluding carboxylic acids is 1. The number of amides is 1. The van der Waals surface area contributed by atoms with E-state index in [0.717, 1.165) is 16.5 Å². The van der Waals surface area contributed by atoms with Crippen molar-refractivity contribution in [3.63, 3.8) is 0 Å². The molecule has 0 spiro atoms. The van der Waals surface area contributed by atoms with Crippen LogP contribution in [0.4, 0.5) is 0 Å². The second-order valence-electron chi connectivity index (χ2n) is 4.80. The summed E-state index contributed by atoms with van der Waals surface area (Å²) in [6, 6.07) is 6.89. The van der Waals surface area contributed by atoms with Crippen LogP contribution in [0.15, 0.2) is 28.7 Å². The summed E-state index contributed by atoms with van der Waals surface area (Å²) in [7, 11) is 0. The van der Waals surface area contributed by atoms with E-state index in [4.69, 9.17) is 5.11 Å². The summed E-state index contributed by atoms with van der Waals surface area (Å²) in [6.45, 7) is 2.36. The van der Waals surface area contributed by atoms with Crippen LogP contribution in [-0.4, -0.2) is 34.5 Å². The first kappa shape index (κ1) is 14.1. The van der Waals surface area contributed by atoms with Gasteiger partial charge in [0.15, 0.2) is 0 Å². The molecule has 1 N–H and O–H groups in total. The van der Waals surface area contributed by atoms with Gasteiger partial charge in [0, 0.05) is 11.0 Å². The third-order valence-corrected chi connectivity index (χ3v) is 4.09. The van der Waals surface area contributed by atoms with Crippen molar-refractivity contribution in [3.8, 4) is 0 Å². The Morgan fingerprint density at radius 2 is 2.00 bits per heavy atom. The zero-order valence-corrected chi connectivity index (χ0v) is 12.3. The molecule has 1 aromatic rings. The van der Waals surface area contributed by atoms with E-state index >= 15 is 0 Å². The van der Waals surface area contributed by atoms with E-state index in [2.05, 4.69) is 15.9 Å². The summed E-state index contributed by atoms with van der Waals surface area (Å²) in [4.78, 5) is 25.0. The van der Waals surface area contributed by atoms with Gasteiger partial charge in [0.2, 0.25) is 5.91 Å². The third kappa shape index (κ3) is 2.97. The number of halogens is 1. The Labute approximate surface area is 120 Å². The Morgan fingerprint density at radius 1 is 1.37 bits per heavy atom. The van der Waals surface area contributed by atoms with Crippen LogP contribution < -0.4 is 0 Å². The molecule has 1 aliphatic rings. The molecule has 19 heavy (non-hydrogen) atoms. The largest absolute Gasteiger partial charge is 0.480 e. The first-order valence-corrected chi connectivity index (χ1v) is 7.08. The number of carboxylic acids is 1. The van der Waals surface area contributed by atoms with Crippen LogP contribution in [0, 0.1) is 0 Å². The number of likely N-dealkylation sites (tertiary alicyclic amines) is 1. The minimum atomic E-state index is -0.908. The second-order valence-corrected chi connectivity index (χ2v) is 5.72. The number of rotatable bonds is 3. The molecular weight excluding hydrogens is 310 g/mol. The molecule has 0 saturated carbocycles. The van der Waals surface area contributed by atoms with Gasteiger partial charge in [-0.3, -0.25) is 4.79 Å². The number of benzene rings is 1. The molecule has 1 saturated heterocycles. The number of aliphatic carboxylic acids is 1. The van der Waals surface area contributed by atoms with Crippen molar-refractivity contribution < 1.29 is 14.7 Å². The first-order chi connectivity index (χ1) is 9.00. The SMILES string of the molecule is CC(C(=O)N1CCCC1C(=O)O)c1ccc(Br)cc1. The van der Waals surface area contributed by atoms with Gasteiger partial charge in [0.25, 0.3) is 0 Å². The molecule has 1 fully saturated rings. The Kier molecular flexibility index (Phi) is 4.24. The normalized spacial score (nSPS) is 20.3. The molecule has 1 aliphatic heterocycles. The van der Waals surface area contributed by atoms with Crippen LogP contribution in [0.2, 0.25) is 0 Å². The maximum atomic E-state index is 12.4. The Hall–Kier alpha value is -1.36. The predicted molar refractivity (Wildman–Crippen MR) is 74.9 cm³/mol. The van der Waals surface area contributed by atoms with Gasteiger partial charge in [0.05, 0.1) is 5.92 Å². The predicted octanol–water partition coefficient (Wildman–Crippen LogP) is 2.63. The van der Waals surface area contributed by atoms with Crippen LogP contribution >= 0.6 is 15.9 Å². The van der Waals surface area contributed by atoms with Crippen LogP contribution in [0.1, 0.15) is 31.2 Å². The highest BCUT2D eigenvalue weighted by molar-refractivity contribution is 9.10. The molecule has 0 aliphatic carbocycles. The van der Waals surface area contributed by atoms with Crippen LogP contribution in [0.5, 0.6) is 0 Å². The quantitative estimate of drug-likeness (QED) is 0.929. The summed E-state index contributed by atoms with van der Waals surface area (Å²) < 4.78 is 0.959. The van der Waals surface area contributed by atoms with Gasteiger partial charge in [-0.25, -0.2) is 4.79 Å². The monoisotopic (exact) mass is 325 g/mol. The first-order valence-electron chi connectivity index (χ1n) is 6.29. The zero-order chi connectivity index (χ0) is 14.0. The minimum Gasteiger partial charge on any atom is -0.480 e. The molecule has 2 rings (SSSR count). The van der Waals surface area contributed by atoms with E-state index in [9.17, 15) is 9.59 Å². The Balaban J connectivity index is 2.14. The van der Waals surface area contributed by atoms with Crippen molar-refractivity contribution in [2.45, 2.75) is 31.7 Å². The fraction of sp³-hybridized carbons (Fsp3) is 0.429. The van der Waals surface area contributed by atoms with Crippen LogP contribution in [0.3, 0.4) is 0 Å². The summed E-state index contributed by atoms with van der Waals surface area (Å²) in [5.74, 6) is -1.32. The fourth-order valence-electron chi connectivity index (χ4n) is 2.43. The molecule has 5 heteroatoms. The van der Waals surface area contributed by atoms with Gasteiger partial charge in [-0.2, -0.15) is 0 Å². The highest BCUT2D eigenvalue weighted by Crippen LogP contribution is 2.25. The average molecular weight is 326 g/mol. The van der Waals surface area contributed by atoms with Crippen molar-refractivity contribution in [2.75, 3.05) is 6.54 Å². The number of carbonyl (C=O) groups is 2. The maximum Gasteiger partial charge on any atom is 0.326 e. The lowest BCUT2D eigenvalue weighted by atomic mass is 9.99. The van der Waals surface area contributed by atoms with Crippen molar-refractivity contribution in [1.29, 1.82) is 0 Å². The lowest BCUT2D eigenvalue weighted by Crippen LogP contribution is -2.42.